The fourth-order valence-corrected chi connectivity index (χ4v) is 4.02. The van der Waals surface area contributed by atoms with E-state index in [4.69, 9.17) is 11.6 Å². The summed E-state index contributed by atoms with van der Waals surface area (Å²) in [5.41, 5.74) is 1.79. The van der Waals surface area contributed by atoms with Crippen LogP contribution in [-0.2, 0) is 6.54 Å². The summed E-state index contributed by atoms with van der Waals surface area (Å²) < 4.78 is 1.87. The third-order valence-corrected chi connectivity index (χ3v) is 5.08. The van der Waals surface area contributed by atoms with Crippen molar-refractivity contribution in [3.8, 4) is 0 Å². The van der Waals surface area contributed by atoms with Gasteiger partial charge in [-0.2, -0.15) is 0 Å². The molecule has 124 valence electrons. The highest BCUT2D eigenvalue weighted by Crippen LogP contribution is 2.35. The minimum atomic E-state index is -0.112. The molecule has 5 nitrogen and oxygen atoms in total. The smallest absolute Gasteiger partial charge is 0.321 e. The van der Waals surface area contributed by atoms with Crippen LogP contribution < -0.4 is 10.9 Å². The van der Waals surface area contributed by atoms with Crippen LogP contribution in [0.4, 0.5) is 10.5 Å². The van der Waals surface area contributed by atoms with Crippen LogP contribution in [0.15, 0.2) is 47.3 Å². The molecule has 4 rings (SSSR count). The van der Waals surface area contributed by atoms with Crippen LogP contribution in [0.3, 0.4) is 0 Å². The molecule has 2 aliphatic rings. The van der Waals surface area contributed by atoms with Crippen LogP contribution in [0.1, 0.15) is 18.0 Å². The fraction of sp³-hybridized carbons (Fsp3) is 0.333. The van der Waals surface area contributed by atoms with Crippen LogP contribution >= 0.6 is 11.6 Å². The average Bonchev–Trinajstić information content (AvgIpc) is 2.56. The van der Waals surface area contributed by atoms with Crippen LogP contribution in [0.5, 0.6) is 0 Å². The van der Waals surface area contributed by atoms with Crippen molar-refractivity contribution in [1.82, 2.24) is 9.47 Å². The maximum absolute atomic E-state index is 12.6. The van der Waals surface area contributed by atoms with E-state index in [2.05, 4.69) is 5.32 Å². The quantitative estimate of drug-likeness (QED) is 0.864. The molecule has 1 fully saturated rings. The van der Waals surface area contributed by atoms with Gasteiger partial charge in [-0.3, -0.25) is 4.79 Å². The fourth-order valence-electron chi connectivity index (χ4n) is 3.83. The van der Waals surface area contributed by atoms with Crippen molar-refractivity contribution in [1.29, 1.82) is 0 Å². The molecule has 0 spiro atoms. The topological polar surface area (TPSA) is 54.3 Å². The number of pyridine rings is 1. The highest BCUT2D eigenvalue weighted by Gasteiger charge is 2.36. The largest absolute Gasteiger partial charge is 0.324 e. The second-order valence-electron chi connectivity index (χ2n) is 6.54. The van der Waals surface area contributed by atoms with E-state index < -0.39 is 0 Å². The molecule has 0 aliphatic carbocycles. The number of piperidine rings is 1. The number of urea groups is 1. The predicted molar refractivity (Wildman–Crippen MR) is 93.6 cm³/mol. The predicted octanol–water partition coefficient (Wildman–Crippen LogP) is 3.15. The Morgan fingerprint density at radius 2 is 1.96 bits per heavy atom. The second kappa shape index (κ2) is 5.98. The number of aromatic nitrogens is 1. The number of hydrogen-bond acceptors (Lipinski definition) is 2. The third kappa shape index (κ3) is 2.80. The first kappa shape index (κ1) is 15.3. The van der Waals surface area contributed by atoms with E-state index in [0.717, 1.165) is 12.1 Å². The van der Waals surface area contributed by atoms with Gasteiger partial charge in [0.1, 0.15) is 0 Å². The number of carbonyl (C=O) groups excluding carboxylic acids is 1. The van der Waals surface area contributed by atoms with Gasteiger partial charge in [0.2, 0.25) is 0 Å². The first-order valence-electron chi connectivity index (χ1n) is 8.11. The van der Waals surface area contributed by atoms with E-state index in [1.54, 1.807) is 24.3 Å². The Morgan fingerprint density at radius 3 is 2.79 bits per heavy atom. The Morgan fingerprint density at radius 1 is 1.12 bits per heavy atom. The monoisotopic (exact) mass is 343 g/mol. The van der Waals surface area contributed by atoms with Gasteiger partial charge in [-0.25, -0.2) is 4.79 Å². The first-order chi connectivity index (χ1) is 11.6. The molecule has 6 heteroatoms. The van der Waals surface area contributed by atoms with Gasteiger partial charge in [0, 0.05) is 48.0 Å². The molecule has 1 aromatic carbocycles. The Bertz CT molecular complexity index is 848. The number of likely N-dealkylation sites (tertiary alicyclic amines) is 1. The Labute approximate surface area is 144 Å². The van der Waals surface area contributed by atoms with Gasteiger partial charge in [0.15, 0.2) is 0 Å². The van der Waals surface area contributed by atoms with Crippen molar-refractivity contribution in [2.45, 2.75) is 18.9 Å². The number of carbonyl (C=O) groups is 1. The summed E-state index contributed by atoms with van der Waals surface area (Å²) in [4.78, 5) is 26.5. The number of fused-ring (bicyclic) bond motifs is 4. The van der Waals surface area contributed by atoms with Crippen molar-refractivity contribution in [3.63, 3.8) is 0 Å². The molecule has 3 heterocycles. The number of halogens is 1. The van der Waals surface area contributed by atoms with Crippen molar-refractivity contribution in [2.75, 3.05) is 18.4 Å². The van der Waals surface area contributed by atoms with Gasteiger partial charge >= 0.3 is 6.03 Å². The third-order valence-electron chi connectivity index (χ3n) is 4.84. The number of anilines is 1. The second-order valence-corrected chi connectivity index (χ2v) is 6.98. The molecule has 1 N–H and O–H groups in total. The molecule has 1 saturated heterocycles. The minimum absolute atomic E-state index is 0.0547. The van der Waals surface area contributed by atoms with Crippen LogP contribution in [-0.4, -0.2) is 28.6 Å². The van der Waals surface area contributed by atoms with Crippen molar-refractivity contribution >= 4 is 23.3 Å². The highest BCUT2D eigenvalue weighted by molar-refractivity contribution is 6.30. The molecule has 1 aromatic heterocycles. The van der Waals surface area contributed by atoms with E-state index in [9.17, 15) is 9.59 Å². The van der Waals surface area contributed by atoms with Crippen LogP contribution in [0.25, 0.3) is 0 Å². The molecule has 0 radical (unpaired) electrons. The van der Waals surface area contributed by atoms with Gasteiger partial charge in [0.05, 0.1) is 0 Å². The molecule has 2 bridgehead atoms. The highest BCUT2D eigenvalue weighted by atomic mass is 35.5. The lowest BCUT2D eigenvalue weighted by Gasteiger charge is -2.42. The summed E-state index contributed by atoms with van der Waals surface area (Å²) in [7, 11) is 0. The van der Waals surface area contributed by atoms with Crippen molar-refractivity contribution < 1.29 is 4.79 Å². The number of benzene rings is 1. The number of hydrogen-bond donors (Lipinski definition) is 1. The Kier molecular flexibility index (Phi) is 3.81. The van der Waals surface area contributed by atoms with Gasteiger partial charge in [0.25, 0.3) is 5.56 Å². The molecular formula is C18H18ClN3O2. The molecule has 0 unspecified atom stereocenters. The molecule has 2 aliphatic heterocycles. The maximum Gasteiger partial charge on any atom is 0.321 e. The van der Waals surface area contributed by atoms with E-state index in [1.807, 2.05) is 27.7 Å². The Balaban J connectivity index is 1.53. The Hall–Kier alpha value is -2.27. The maximum atomic E-state index is 12.6. The number of nitrogens with one attached hydrogen (secondary N) is 1. The molecule has 0 saturated carbocycles. The zero-order valence-corrected chi connectivity index (χ0v) is 13.9. The normalized spacial score (nSPS) is 22.0. The summed E-state index contributed by atoms with van der Waals surface area (Å²) in [5.74, 6) is 0.540. The van der Waals surface area contributed by atoms with Crippen molar-refractivity contribution in [2.24, 2.45) is 5.92 Å². The number of nitrogens with zero attached hydrogens (tertiary/aromatic N) is 2. The molecule has 2 aromatic rings. The van der Waals surface area contributed by atoms with Crippen molar-refractivity contribution in [3.05, 3.63) is 63.5 Å². The van der Waals surface area contributed by atoms with E-state index in [1.165, 1.54) is 0 Å². The summed E-state index contributed by atoms with van der Waals surface area (Å²) in [6, 6.07) is 12.4. The average molecular weight is 344 g/mol. The zero-order chi connectivity index (χ0) is 16.7. The molecule has 2 amide bonds. The summed E-state index contributed by atoms with van der Waals surface area (Å²) >= 11 is 5.97. The summed E-state index contributed by atoms with van der Waals surface area (Å²) in [6.07, 6.45) is 1.03. The van der Waals surface area contributed by atoms with Gasteiger partial charge in [-0.15, -0.1) is 0 Å². The van der Waals surface area contributed by atoms with Gasteiger partial charge < -0.3 is 14.8 Å². The number of rotatable bonds is 1. The minimum Gasteiger partial charge on any atom is -0.324 e. The van der Waals surface area contributed by atoms with Gasteiger partial charge in [-0.1, -0.05) is 23.7 Å². The van der Waals surface area contributed by atoms with E-state index in [-0.39, 0.29) is 17.5 Å². The standard InChI is InChI=1S/C18H18ClN3O2/c19-14-3-1-4-15(8-14)20-18(24)21-9-12-7-13(11-21)16-5-2-6-17(23)22(16)10-12/h1-6,8,12-13H,7,9-11H2,(H,20,24)/t12-,13+/m0/s1. The molecule has 2 atom stereocenters. The first-order valence-corrected chi connectivity index (χ1v) is 8.49. The van der Waals surface area contributed by atoms with E-state index >= 15 is 0 Å². The SMILES string of the molecule is O=C(Nc1cccc(Cl)c1)N1C[C@@H]2C[C@H](C1)c1cccc(=O)n1C2. The zero-order valence-electron chi connectivity index (χ0n) is 13.1. The van der Waals surface area contributed by atoms with Gasteiger partial charge in [-0.05, 0) is 36.6 Å². The van der Waals surface area contributed by atoms with Crippen LogP contribution in [0, 0.1) is 5.92 Å². The number of amides is 2. The van der Waals surface area contributed by atoms with E-state index in [0.29, 0.717) is 36.3 Å². The lowest BCUT2D eigenvalue weighted by molar-refractivity contribution is 0.139. The molecular weight excluding hydrogens is 326 g/mol. The van der Waals surface area contributed by atoms with Crippen LogP contribution in [0.2, 0.25) is 5.02 Å². The summed E-state index contributed by atoms with van der Waals surface area (Å²) in [6.45, 7) is 1.99. The lowest BCUT2D eigenvalue weighted by atomic mass is 9.83. The lowest BCUT2D eigenvalue weighted by Crippen LogP contribution is -2.50. The molecule has 24 heavy (non-hydrogen) atoms. The summed E-state index contributed by atoms with van der Waals surface area (Å²) in [5, 5.41) is 3.51.